The molecule has 2 aliphatic rings. The van der Waals surface area contributed by atoms with Crippen LogP contribution in [0.4, 0.5) is 17.3 Å². The predicted octanol–water partition coefficient (Wildman–Crippen LogP) is 2.44. The predicted molar refractivity (Wildman–Crippen MR) is 126 cm³/mol. The molecule has 2 aliphatic heterocycles. The van der Waals surface area contributed by atoms with Crippen molar-refractivity contribution in [1.29, 1.82) is 0 Å². The smallest absolute Gasteiger partial charge is 0.253 e. The molecule has 1 aromatic carbocycles. The van der Waals surface area contributed by atoms with E-state index in [1.165, 1.54) is 6.07 Å². The van der Waals surface area contributed by atoms with Gasteiger partial charge in [0.25, 0.3) is 5.56 Å². The summed E-state index contributed by atoms with van der Waals surface area (Å²) in [4.78, 5) is 26.5. The van der Waals surface area contributed by atoms with Crippen LogP contribution in [0.25, 0.3) is 11.0 Å². The number of pyridine rings is 1. The third-order valence-electron chi connectivity index (χ3n) is 6.10. The lowest BCUT2D eigenvalue weighted by atomic mass is 10.2. The number of terminal acetylenes is 1. The van der Waals surface area contributed by atoms with Crippen molar-refractivity contribution in [3.8, 4) is 18.1 Å². The van der Waals surface area contributed by atoms with E-state index in [1.807, 2.05) is 12.1 Å². The molecule has 32 heavy (non-hydrogen) atoms. The van der Waals surface area contributed by atoms with Gasteiger partial charge in [0.15, 0.2) is 0 Å². The van der Waals surface area contributed by atoms with E-state index in [2.05, 4.69) is 44.1 Å². The summed E-state index contributed by atoms with van der Waals surface area (Å²) in [5.74, 6) is 3.85. The molecule has 1 saturated heterocycles. The molecule has 3 aromatic rings. The lowest BCUT2D eigenvalue weighted by Gasteiger charge is -2.35. The largest absolute Gasteiger partial charge is 0.491 e. The Balaban J connectivity index is 1.55. The fourth-order valence-corrected chi connectivity index (χ4v) is 4.25. The average Bonchev–Trinajstić information content (AvgIpc) is 2.81. The fourth-order valence-electron chi connectivity index (χ4n) is 4.25. The van der Waals surface area contributed by atoms with Gasteiger partial charge in [0.05, 0.1) is 17.7 Å². The van der Waals surface area contributed by atoms with Crippen LogP contribution >= 0.6 is 0 Å². The maximum absolute atomic E-state index is 12.7. The molecule has 0 aliphatic carbocycles. The second kappa shape index (κ2) is 8.52. The summed E-state index contributed by atoms with van der Waals surface area (Å²) in [6, 6.07) is 7.59. The fraction of sp³-hybridized carbons (Fsp3) is 0.375. The van der Waals surface area contributed by atoms with Gasteiger partial charge >= 0.3 is 0 Å². The summed E-state index contributed by atoms with van der Waals surface area (Å²) >= 11 is 0. The minimum absolute atomic E-state index is 0.149. The molecule has 0 unspecified atom stereocenters. The summed E-state index contributed by atoms with van der Waals surface area (Å²) in [6.45, 7) is 5.11. The Morgan fingerprint density at radius 1 is 1.12 bits per heavy atom. The molecule has 8 heteroatoms. The van der Waals surface area contributed by atoms with Crippen molar-refractivity contribution >= 4 is 28.4 Å². The van der Waals surface area contributed by atoms with Crippen LogP contribution in [-0.2, 0) is 6.54 Å². The van der Waals surface area contributed by atoms with E-state index < -0.39 is 0 Å². The number of likely N-dealkylation sites (N-methyl/N-ethyl adjacent to an activating group) is 1. The Kier molecular flexibility index (Phi) is 5.41. The van der Waals surface area contributed by atoms with E-state index in [0.29, 0.717) is 35.7 Å². The number of nitrogens with one attached hydrogen (secondary N) is 1. The maximum atomic E-state index is 12.7. The number of hydrogen-bond acceptors (Lipinski definition) is 7. The van der Waals surface area contributed by atoms with Gasteiger partial charge in [-0.15, -0.1) is 6.42 Å². The van der Waals surface area contributed by atoms with Crippen LogP contribution < -0.4 is 20.5 Å². The highest BCUT2D eigenvalue weighted by molar-refractivity contribution is 5.82. The highest BCUT2D eigenvalue weighted by Crippen LogP contribution is 2.33. The number of ether oxygens (including phenoxy) is 1. The van der Waals surface area contributed by atoms with Crippen molar-refractivity contribution in [2.24, 2.45) is 0 Å². The molecule has 0 atom stereocenters. The van der Waals surface area contributed by atoms with Crippen LogP contribution in [0.5, 0.6) is 5.75 Å². The first kappa shape index (κ1) is 20.3. The van der Waals surface area contributed by atoms with Crippen LogP contribution in [0.3, 0.4) is 0 Å². The first-order chi connectivity index (χ1) is 15.6. The zero-order valence-electron chi connectivity index (χ0n) is 18.2. The van der Waals surface area contributed by atoms with Gasteiger partial charge in [0, 0.05) is 62.3 Å². The second-order valence-electron chi connectivity index (χ2n) is 8.28. The number of piperazine rings is 1. The van der Waals surface area contributed by atoms with E-state index in [4.69, 9.17) is 11.2 Å². The molecule has 1 fully saturated rings. The molecule has 4 bridgehead atoms. The van der Waals surface area contributed by atoms with Gasteiger partial charge in [-0.2, -0.15) is 4.98 Å². The third kappa shape index (κ3) is 3.87. The van der Waals surface area contributed by atoms with Crippen molar-refractivity contribution in [3.05, 3.63) is 46.4 Å². The number of aromatic nitrogens is 3. The standard InChI is InChI=1S/C24H26N6O2/c1-3-17-14-22(31)30-8-4-5-13-32-21-15-18(26-24-25-16-19(17)23(30)27-24)6-7-20(21)29-11-9-28(2)10-12-29/h1,6-7,14-16H,4-5,8-13H2,2H3,(H,25,26,27). The van der Waals surface area contributed by atoms with Crippen LogP contribution in [0, 0.1) is 12.3 Å². The topological polar surface area (TPSA) is 75.5 Å². The molecular formula is C24H26N6O2. The van der Waals surface area contributed by atoms with Crippen LogP contribution in [0.2, 0.25) is 0 Å². The highest BCUT2D eigenvalue weighted by Gasteiger charge is 2.19. The van der Waals surface area contributed by atoms with Gasteiger partial charge < -0.3 is 19.9 Å². The van der Waals surface area contributed by atoms with E-state index in [0.717, 1.165) is 56.1 Å². The van der Waals surface area contributed by atoms with E-state index in [1.54, 1.807) is 10.8 Å². The molecule has 5 rings (SSSR count). The van der Waals surface area contributed by atoms with Gasteiger partial charge in [-0.25, -0.2) is 4.98 Å². The number of fused-ring (bicyclic) bond motifs is 3. The molecule has 2 aromatic heterocycles. The van der Waals surface area contributed by atoms with E-state index in [-0.39, 0.29) is 5.56 Å². The number of benzene rings is 1. The van der Waals surface area contributed by atoms with Crippen molar-refractivity contribution in [2.75, 3.05) is 50.1 Å². The Morgan fingerprint density at radius 2 is 1.97 bits per heavy atom. The summed E-state index contributed by atoms with van der Waals surface area (Å²) in [5, 5.41) is 3.97. The molecule has 0 saturated carbocycles. The first-order valence-corrected chi connectivity index (χ1v) is 11.0. The Hall–Kier alpha value is -3.57. The minimum atomic E-state index is -0.149. The summed E-state index contributed by atoms with van der Waals surface area (Å²) < 4.78 is 7.89. The Labute approximate surface area is 186 Å². The highest BCUT2D eigenvalue weighted by atomic mass is 16.5. The van der Waals surface area contributed by atoms with Gasteiger partial charge in [-0.05, 0) is 32.0 Å². The summed E-state index contributed by atoms with van der Waals surface area (Å²) in [7, 11) is 2.15. The lowest BCUT2D eigenvalue weighted by molar-refractivity contribution is 0.295. The number of rotatable bonds is 1. The normalized spacial score (nSPS) is 16.9. The minimum Gasteiger partial charge on any atom is -0.491 e. The quantitative estimate of drug-likeness (QED) is 0.595. The van der Waals surface area contributed by atoms with Gasteiger partial charge in [0.1, 0.15) is 11.4 Å². The van der Waals surface area contributed by atoms with Crippen molar-refractivity contribution in [1.82, 2.24) is 19.4 Å². The number of anilines is 3. The zero-order chi connectivity index (χ0) is 22.1. The second-order valence-corrected chi connectivity index (χ2v) is 8.28. The Bertz CT molecular complexity index is 1250. The Morgan fingerprint density at radius 3 is 2.78 bits per heavy atom. The van der Waals surface area contributed by atoms with Crippen molar-refractivity contribution in [2.45, 2.75) is 19.4 Å². The van der Waals surface area contributed by atoms with Crippen molar-refractivity contribution in [3.63, 3.8) is 0 Å². The molecular weight excluding hydrogens is 404 g/mol. The number of hydrogen-bond donors (Lipinski definition) is 1. The molecule has 8 nitrogen and oxygen atoms in total. The van der Waals surface area contributed by atoms with E-state index >= 15 is 0 Å². The number of nitrogens with zero attached hydrogens (tertiary/aromatic N) is 5. The first-order valence-electron chi connectivity index (χ1n) is 11.0. The molecule has 1 N–H and O–H groups in total. The molecule has 164 valence electrons. The zero-order valence-corrected chi connectivity index (χ0v) is 18.2. The third-order valence-corrected chi connectivity index (χ3v) is 6.10. The lowest BCUT2D eigenvalue weighted by Crippen LogP contribution is -2.44. The van der Waals surface area contributed by atoms with Crippen molar-refractivity contribution < 1.29 is 4.74 Å². The van der Waals surface area contributed by atoms with Crippen LogP contribution in [-0.4, -0.2) is 59.3 Å². The summed E-state index contributed by atoms with van der Waals surface area (Å²) in [6.07, 6.45) is 8.92. The summed E-state index contributed by atoms with van der Waals surface area (Å²) in [5.41, 5.74) is 2.85. The molecule has 0 spiro atoms. The number of aryl methyl sites for hydroxylation is 1. The monoisotopic (exact) mass is 430 g/mol. The molecule has 0 amide bonds. The SMILES string of the molecule is C#Cc1cc(=O)n2c3nc(ncc13)Nc1ccc(N3CCN(C)CC3)c(c1)OCCCC2. The van der Waals surface area contributed by atoms with Crippen LogP contribution in [0.1, 0.15) is 18.4 Å². The molecule has 0 radical (unpaired) electrons. The van der Waals surface area contributed by atoms with E-state index in [9.17, 15) is 4.79 Å². The van der Waals surface area contributed by atoms with Gasteiger partial charge in [0.2, 0.25) is 5.95 Å². The average molecular weight is 431 g/mol. The molecule has 4 heterocycles. The van der Waals surface area contributed by atoms with Crippen LogP contribution in [0.15, 0.2) is 35.3 Å². The van der Waals surface area contributed by atoms with Gasteiger partial charge in [-0.3, -0.25) is 9.36 Å². The van der Waals surface area contributed by atoms with Gasteiger partial charge in [-0.1, -0.05) is 5.92 Å². The maximum Gasteiger partial charge on any atom is 0.253 e.